The van der Waals surface area contributed by atoms with E-state index in [0.29, 0.717) is 5.00 Å². The van der Waals surface area contributed by atoms with E-state index in [4.69, 9.17) is 11.5 Å². The predicted molar refractivity (Wildman–Crippen MR) is 95.5 cm³/mol. The lowest BCUT2D eigenvalue weighted by Gasteiger charge is -2.18. The number of rotatable bonds is 4. The van der Waals surface area contributed by atoms with Crippen molar-refractivity contribution in [3.8, 4) is 10.4 Å². The van der Waals surface area contributed by atoms with Crippen molar-refractivity contribution < 1.29 is 9.59 Å². The van der Waals surface area contributed by atoms with Crippen LogP contribution in [0.2, 0.25) is 0 Å². The summed E-state index contributed by atoms with van der Waals surface area (Å²) in [5.41, 5.74) is 12.7. The van der Waals surface area contributed by atoms with Gasteiger partial charge in [-0.05, 0) is 37.5 Å². The van der Waals surface area contributed by atoms with Crippen LogP contribution in [0.5, 0.6) is 0 Å². The molecular weight excluding hydrogens is 326 g/mol. The van der Waals surface area contributed by atoms with Gasteiger partial charge in [-0.15, -0.1) is 11.3 Å². The van der Waals surface area contributed by atoms with E-state index in [0.717, 1.165) is 34.9 Å². The zero-order valence-corrected chi connectivity index (χ0v) is 14.2. The fourth-order valence-electron chi connectivity index (χ4n) is 2.88. The molecule has 126 valence electrons. The number of primary amides is 2. The van der Waals surface area contributed by atoms with Crippen LogP contribution in [0.15, 0.2) is 18.3 Å². The van der Waals surface area contributed by atoms with E-state index in [2.05, 4.69) is 15.2 Å². The molecule has 3 amide bonds. The number of amides is 3. The highest BCUT2D eigenvalue weighted by atomic mass is 32.1. The molecule has 1 aliphatic heterocycles. The van der Waals surface area contributed by atoms with Crippen molar-refractivity contribution in [1.29, 1.82) is 0 Å². The molecule has 0 aromatic carbocycles. The van der Waals surface area contributed by atoms with Crippen molar-refractivity contribution in [1.82, 2.24) is 4.98 Å². The Morgan fingerprint density at radius 1 is 1.25 bits per heavy atom. The summed E-state index contributed by atoms with van der Waals surface area (Å²) >= 11 is 1.25. The third-order valence-electron chi connectivity index (χ3n) is 3.98. The van der Waals surface area contributed by atoms with Crippen molar-refractivity contribution in [2.45, 2.75) is 19.8 Å². The number of carbonyl (C=O) groups is 2. The fourth-order valence-corrected chi connectivity index (χ4v) is 3.93. The average molecular weight is 345 g/mol. The third-order valence-corrected chi connectivity index (χ3v) is 5.07. The lowest BCUT2D eigenvalue weighted by molar-refractivity contribution is 0.100. The van der Waals surface area contributed by atoms with Crippen LogP contribution in [-0.4, -0.2) is 30.0 Å². The molecule has 0 radical (unpaired) electrons. The van der Waals surface area contributed by atoms with Crippen LogP contribution < -0.4 is 21.7 Å². The van der Waals surface area contributed by atoms with Crippen LogP contribution in [0, 0.1) is 6.92 Å². The highest BCUT2D eigenvalue weighted by Gasteiger charge is 2.19. The first kappa shape index (κ1) is 16.3. The second-order valence-electron chi connectivity index (χ2n) is 5.77. The number of urea groups is 1. The van der Waals surface area contributed by atoms with Gasteiger partial charge in [-0.3, -0.25) is 10.1 Å². The topological polar surface area (TPSA) is 114 Å². The number of carbonyl (C=O) groups excluding carboxylic acids is 2. The lowest BCUT2D eigenvalue weighted by atomic mass is 10.1. The maximum atomic E-state index is 11.6. The Hall–Kier alpha value is -2.61. The van der Waals surface area contributed by atoms with Gasteiger partial charge in [-0.2, -0.15) is 0 Å². The van der Waals surface area contributed by atoms with Crippen LogP contribution in [0.25, 0.3) is 10.4 Å². The van der Waals surface area contributed by atoms with Gasteiger partial charge in [0.15, 0.2) is 0 Å². The zero-order chi connectivity index (χ0) is 17.3. The molecule has 2 aromatic heterocycles. The van der Waals surface area contributed by atoms with Crippen molar-refractivity contribution in [3.63, 3.8) is 0 Å². The first-order chi connectivity index (χ1) is 11.5. The maximum absolute atomic E-state index is 11.6. The van der Waals surface area contributed by atoms with Crippen molar-refractivity contribution in [2.24, 2.45) is 11.5 Å². The molecule has 7 nitrogen and oxygen atoms in total. The largest absolute Gasteiger partial charge is 0.366 e. The summed E-state index contributed by atoms with van der Waals surface area (Å²) in [6.45, 7) is 4.09. The molecule has 0 unspecified atom stereocenters. The molecular formula is C16H19N5O2S. The minimum absolute atomic E-state index is 0.245. The Bertz CT molecular complexity index is 796. The highest BCUT2D eigenvalue weighted by molar-refractivity contribution is 7.20. The van der Waals surface area contributed by atoms with E-state index < -0.39 is 11.9 Å². The molecule has 1 aliphatic rings. The van der Waals surface area contributed by atoms with Gasteiger partial charge in [0.2, 0.25) is 0 Å². The normalized spacial score (nSPS) is 14.0. The molecule has 0 bridgehead atoms. The van der Waals surface area contributed by atoms with Gasteiger partial charge < -0.3 is 16.4 Å². The number of aryl methyl sites for hydroxylation is 1. The Kier molecular flexibility index (Phi) is 4.39. The number of hydrogen-bond acceptors (Lipinski definition) is 5. The summed E-state index contributed by atoms with van der Waals surface area (Å²) in [4.78, 5) is 30.3. The van der Waals surface area contributed by atoms with E-state index in [-0.39, 0.29) is 5.56 Å². The van der Waals surface area contributed by atoms with Crippen LogP contribution in [0.1, 0.15) is 28.8 Å². The number of anilines is 2. The van der Waals surface area contributed by atoms with Crippen LogP contribution >= 0.6 is 11.3 Å². The number of aromatic nitrogens is 1. The second-order valence-corrected chi connectivity index (χ2v) is 6.82. The first-order valence-electron chi connectivity index (χ1n) is 7.68. The van der Waals surface area contributed by atoms with E-state index in [1.165, 1.54) is 24.2 Å². The highest BCUT2D eigenvalue weighted by Crippen LogP contribution is 2.36. The van der Waals surface area contributed by atoms with Gasteiger partial charge in [0.25, 0.3) is 5.91 Å². The molecule has 0 aliphatic carbocycles. The molecule has 0 atom stereocenters. The lowest BCUT2D eigenvalue weighted by Crippen LogP contribution is -2.21. The quantitative estimate of drug-likeness (QED) is 0.788. The first-order valence-corrected chi connectivity index (χ1v) is 8.49. The van der Waals surface area contributed by atoms with E-state index >= 15 is 0 Å². The molecule has 5 N–H and O–H groups in total. The van der Waals surface area contributed by atoms with Crippen LogP contribution in [-0.2, 0) is 0 Å². The maximum Gasteiger partial charge on any atom is 0.317 e. The van der Waals surface area contributed by atoms with Crippen molar-refractivity contribution in [2.75, 3.05) is 23.3 Å². The van der Waals surface area contributed by atoms with Gasteiger partial charge >= 0.3 is 6.03 Å². The van der Waals surface area contributed by atoms with Crippen molar-refractivity contribution >= 4 is 34.1 Å². The molecule has 0 saturated carbocycles. The number of pyridine rings is 1. The summed E-state index contributed by atoms with van der Waals surface area (Å²) in [7, 11) is 0. The molecule has 1 fully saturated rings. The number of hydrogen-bond donors (Lipinski definition) is 3. The Labute approximate surface area is 143 Å². The molecule has 1 saturated heterocycles. The number of nitrogens with one attached hydrogen (secondary N) is 1. The average Bonchev–Trinajstić information content (AvgIpc) is 3.16. The molecule has 2 aromatic rings. The third kappa shape index (κ3) is 3.18. The van der Waals surface area contributed by atoms with Crippen LogP contribution in [0.4, 0.5) is 15.6 Å². The molecule has 0 spiro atoms. The summed E-state index contributed by atoms with van der Waals surface area (Å²) in [6.07, 6.45) is 4.17. The Morgan fingerprint density at radius 2 is 1.96 bits per heavy atom. The van der Waals surface area contributed by atoms with E-state index in [9.17, 15) is 9.59 Å². The second kappa shape index (κ2) is 6.48. The van der Waals surface area contributed by atoms with Gasteiger partial charge in [0.05, 0.1) is 5.56 Å². The predicted octanol–water partition coefficient (Wildman–Crippen LogP) is 2.31. The number of thiophene rings is 1. The summed E-state index contributed by atoms with van der Waals surface area (Å²) in [5, 5.41) is 2.80. The monoisotopic (exact) mass is 345 g/mol. The SMILES string of the molecule is Cc1cc(-c2cc(C(N)=O)c(NC(N)=O)s2)cnc1N1CCCC1. The van der Waals surface area contributed by atoms with E-state index in [1.807, 2.05) is 13.0 Å². The minimum Gasteiger partial charge on any atom is -0.366 e. The standard InChI is InChI=1S/C16H19N5O2S/c1-9-6-10(8-19-14(9)21-4-2-3-5-21)12-7-11(13(17)22)15(24-12)20-16(18)23/h6-8H,2-5H2,1H3,(H2,17,22)(H3,18,20,23). The number of nitrogens with zero attached hydrogens (tertiary/aromatic N) is 2. The summed E-state index contributed by atoms with van der Waals surface area (Å²) in [6, 6.07) is 2.96. The summed E-state index contributed by atoms with van der Waals surface area (Å²) in [5.74, 6) is 0.387. The molecule has 8 heteroatoms. The van der Waals surface area contributed by atoms with Gasteiger partial charge in [0, 0.05) is 29.7 Å². The molecule has 3 rings (SSSR count). The zero-order valence-electron chi connectivity index (χ0n) is 13.3. The smallest absolute Gasteiger partial charge is 0.317 e. The number of nitrogens with two attached hydrogens (primary N) is 2. The van der Waals surface area contributed by atoms with Crippen LogP contribution in [0.3, 0.4) is 0 Å². The Balaban J connectivity index is 1.95. The van der Waals surface area contributed by atoms with E-state index in [1.54, 1.807) is 12.3 Å². The molecule has 3 heterocycles. The Morgan fingerprint density at radius 3 is 2.54 bits per heavy atom. The van der Waals surface area contributed by atoms with Gasteiger partial charge in [-0.1, -0.05) is 0 Å². The minimum atomic E-state index is -0.732. The summed E-state index contributed by atoms with van der Waals surface area (Å²) < 4.78 is 0. The molecule has 24 heavy (non-hydrogen) atoms. The van der Waals surface area contributed by atoms with Gasteiger partial charge in [-0.25, -0.2) is 9.78 Å². The van der Waals surface area contributed by atoms with Crippen molar-refractivity contribution in [3.05, 3.63) is 29.5 Å². The van der Waals surface area contributed by atoms with Gasteiger partial charge in [0.1, 0.15) is 10.8 Å². The fraction of sp³-hybridized carbons (Fsp3) is 0.312.